The number of carboxylic acid groups (broad SMARTS) is 1. The zero-order valence-corrected chi connectivity index (χ0v) is 10.2. The van der Waals surface area contributed by atoms with Gasteiger partial charge in [-0.2, -0.15) is 0 Å². The third-order valence-corrected chi connectivity index (χ3v) is 2.23. The standard InChI is InChI=1S/C13H10N4O3/c18-11(19)5-3-9-2-4-10(16-8-9)12(20)17-13-14-6-1-7-15-13/h1-8H,(H,18,19)(H,14,15,17,20). The molecule has 100 valence electrons. The van der Waals surface area contributed by atoms with Crippen molar-refractivity contribution in [2.24, 2.45) is 0 Å². The molecule has 2 aromatic heterocycles. The number of carbonyl (C=O) groups excluding carboxylic acids is 1. The minimum Gasteiger partial charge on any atom is -0.478 e. The Morgan fingerprint density at radius 3 is 2.50 bits per heavy atom. The minimum atomic E-state index is -1.05. The fourth-order valence-electron chi connectivity index (χ4n) is 1.33. The van der Waals surface area contributed by atoms with Crippen molar-refractivity contribution in [3.8, 4) is 0 Å². The van der Waals surface area contributed by atoms with Crippen molar-refractivity contribution < 1.29 is 14.7 Å². The summed E-state index contributed by atoms with van der Waals surface area (Å²) < 4.78 is 0. The fourth-order valence-corrected chi connectivity index (χ4v) is 1.33. The number of anilines is 1. The van der Waals surface area contributed by atoms with Gasteiger partial charge in [0.15, 0.2) is 0 Å². The average molecular weight is 270 g/mol. The molecule has 2 N–H and O–H groups in total. The molecule has 0 atom stereocenters. The van der Waals surface area contributed by atoms with E-state index in [1.807, 2.05) is 0 Å². The van der Waals surface area contributed by atoms with E-state index < -0.39 is 11.9 Å². The summed E-state index contributed by atoms with van der Waals surface area (Å²) in [4.78, 5) is 33.9. The molecule has 2 heterocycles. The van der Waals surface area contributed by atoms with Gasteiger partial charge in [-0.1, -0.05) is 6.07 Å². The zero-order valence-electron chi connectivity index (χ0n) is 10.2. The Kier molecular flexibility index (Phi) is 4.13. The second-order valence-corrected chi connectivity index (χ2v) is 3.67. The molecular formula is C13H10N4O3. The maximum Gasteiger partial charge on any atom is 0.328 e. The van der Waals surface area contributed by atoms with Crippen molar-refractivity contribution in [2.75, 3.05) is 5.32 Å². The van der Waals surface area contributed by atoms with Crippen molar-refractivity contribution in [1.29, 1.82) is 0 Å². The van der Waals surface area contributed by atoms with E-state index in [4.69, 9.17) is 5.11 Å². The predicted octanol–water partition coefficient (Wildman–Crippen LogP) is 1.22. The highest BCUT2D eigenvalue weighted by atomic mass is 16.4. The molecule has 0 fully saturated rings. The smallest absolute Gasteiger partial charge is 0.328 e. The summed E-state index contributed by atoms with van der Waals surface area (Å²) in [6.07, 6.45) is 6.80. The molecule has 2 aromatic rings. The molecular weight excluding hydrogens is 260 g/mol. The predicted molar refractivity (Wildman–Crippen MR) is 70.9 cm³/mol. The van der Waals surface area contributed by atoms with Crippen molar-refractivity contribution in [3.05, 3.63) is 54.1 Å². The summed E-state index contributed by atoms with van der Waals surface area (Å²) >= 11 is 0. The van der Waals surface area contributed by atoms with Crippen LogP contribution >= 0.6 is 0 Å². The highest BCUT2D eigenvalue weighted by Gasteiger charge is 2.08. The molecule has 20 heavy (non-hydrogen) atoms. The molecule has 0 bridgehead atoms. The van der Waals surface area contributed by atoms with Crippen LogP contribution < -0.4 is 5.32 Å². The van der Waals surface area contributed by atoms with Crippen LogP contribution in [0.1, 0.15) is 16.1 Å². The topological polar surface area (TPSA) is 105 Å². The molecule has 0 saturated heterocycles. The monoisotopic (exact) mass is 270 g/mol. The lowest BCUT2D eigenvalue weighted by atomic mass is 10.2. The number of nitrogens with zero attached hydrogens (tertiary/aromatic N) is 3. The van der Waals surface area contributed by atoms with Gasteiger partial charge in [0.1, 0.15) is 5.69 Å². The molecule has 7 heteroatoms. The number of pyridine rings is 1. The van der Waals surface area contributed by atoms with E-state index in [1.165, 1.54) is 30.7 Å². The number of carboxylic acids is 1. The highest BCUT2D eigenvalue weighted by Crippen LogP contribution is 2.05. The number of aliphatic carboxylic acids is 1. The first-order valence-electron chi connectivity index (χ1n) is 5.60. The van der Waals surface area contributed by atoms with Crippen LogP contribution in [0.2, 0.25) is 0 Å². The van der Waals surface area contributed by atoms with Crippen LogP contribution in [-0.2, 0) is 4.79 Å². The van der Waals surface area contributed by atoms with Gasteiger partial charge in [0.25, 0.3) is 5.91 Å². The second-order valence-electron chi connectivity index (χ2n) is 3.67. The summed E-state index contributed by atoms with van der Waals surface area (Å²) in [6.45, 7) is 0. The Bertz CT molecular complexity index is 638. The van der Waals surface area contributed by atoms with Crippen molar-refractivity contribution in [3.63, 3.8) is 0 Å². The van der Waals surface area contributed by atoms with Gasteiger partial charge in [0.2, 0.25) is 5.95 Å². The van der Waals surface area contributed by atoms with E-state index in [9.17, 15) is 9.59 Å². The van der Waals surface area contributed by atoms with Crippen LogP contribution in [0.3, 0.4) is 0 Å². The van der Waals surface area contributed by atoms with Crippen molar-refractivity contribution in [1.82, 2.24) is 15.0 Å². The summed E-state index contributed by atoms with van der Waals surface area (Å²) in [5.74, 6) is -1.30. The lowest BCUT2D eigenvalue weighted by Gasteiger charge is -2.02. The number of amides is 1. The first kappa shape index (κ1) is 13.3. The molecule has 0 saturated carbocycles. The molecule has 0 aliphatic rings. The molecule has 0 aromatic carbocycles. The average Bonchev–Trinajstić information content (AvgIpc) is 2.46. The lowest BCUT2D eigenvalue weighted by Crippen LogP contribution is -2.15. The third-order valence-electron chi connectivity index (χ3n) is 2.23. The van der Waals surface area contributed by atoms with Gasteiger partial charge in [-0.3, -0.25) is 15.1 Å². The molecule has 0 unspecified atom stereocenters. The van der Waals surface area contributed by atoms with Crippen LogP contribution in [0.4, 0.5) is 5.95 Å². The Morgan fingerprint density at radius 2 is 1.90 bits per heavy atom. The normalized spacial score (nSPS) is 10.4. The van der Waals surface area contributed by atoms with Crippen molar-refractivity contribution >= 4 is 23.9 Å². The zero-order chi connectivity index (χ0) is 14.4. The maximum atomic E-state index is 11.8. The van der Waals surface area contributed by atoms with Gasteiger partial charge in [-0.25, -0.2) is 14.8 Å². The molecule has 0 radical (unpaired) electrons. The van der Waals surface area contributed by atoms with Gasteiger partial charge >= 0.3 is 5.97 Å². The van der Waals surface area contributed by atoms with Crippen LogP contribution in [-0.4, -0.2) is 31.9 Å². The second kappa shape index (κ2) is 6.19. The maximum absolute atomic E-state index is 11.8. The van der Waals surface area contributed by atoms with E-state index in [1.54, 1.807) is 12.1 Å². The van der Waals surface area contributed by atoms with E-state index >= 15 is 0 Å². The Labute approximate surface area is 114 Å². The van der Waals surface area contributed by atoms with Crippen LogP contribution in [0.5, 0.6) is 0 Å². The number of hydrogen-bond acceptors (Lipinski definition) is 5. The van der Waals surface area contributed by atoms with Crippen molar-refractivity contribution in [2.45, 2.75) is 0 Å². The fraction of sp³-hybridized carbons (Fsp3) is 0. The highest BCUT2D eigenvalue weighted by molar-refractivity contribution is 6.01. The third kappa shape index (κ3) is 3.70. The summed E-state index contributed by atoms with van der Waals surface area (Å²) in [5.41, 5.74) is 0.768. The number of rotatable bonds is 4. The largest absolute Gasteiger partial charge is 0.478 e. The number of nitrogens with one attached hydrogen (secondary N) is 1. The minimum absolute atomic E-state index is 0.185. The summed E-state index contributed by atoms with van der Waals surface area (Å²) in [6, 6.07) is 4.71. The summed E-state index contributed by atoms with van der Waals surface area (Å²) in [7, 11) is 0. The molecule has 1 amide bonds. The van der Waals surface area contributed by atoms with Gasteiger partial charge in [0.05, 0.1) is 0 Å². The molecule has 2 rings (SSSR count). The van der Waals surface area contributed by atoms with Gasteiger partial charge in [-0.15, -0.1) is 0 Å². The van der Waals surface area contributed by atoms with E-state index in [-0.39, 0.29) is 11.6 Å². The van der Waals surface area contributed by atoms with E-state index in [0.29, 0.717) is 5.56 Å². The van der Waals surface area contributed by atoms with E-state index in [0.717, 1.165) is 6.08 Å². The summed E-state index contributed by atoms with van der Waals surface area (Å²) in [5, 5.41) is 11.0. The number of aromatic nitrogens is 3. The molecule has 0 aliphatic carbocycles. The van der Waals surface area contributed by atoms with Gasteiger partial charge in [-0.05, 0) is 23.8 Å². The molecule has 0 aliphatic heterocycles. The first-order chi connectivity index (χ1) is 9.65. The van der Waals surface area contributed by atoms with Crippen LogP contribution in [0.15, 0.2) is 42.9 Å². The van der Waals surface area contributed by atoms with E-state index in [2.05, 4.69) is 20.3 Å². The molecule has 0 spiro atoms. The van der Waals surface area contributed by atoms with Crippen LogP contribution in [0.25, 0.3) is 6.08 Å². The SMILES string of the molecule is O=C(O)C=Cc1ccc(C(=O)Nc2ncccn2)nc1. The Balaban J connectivity index is 2.06. The Hall–Kier alpha value is -3.09. The number of carbonyl (C=O) groups is 2. The first-order valence-corrected chi connectivity index (χ1v) is 5.60. The van der Waals surface area contributed by atoms with Crippen LogP contribution in [0, 0.1) is 0 Å². The lowest BCUT2D eigenvalue weighted by molar-refractivity contribution is -0.131. The quantitative estimate of drug-likeness (QED) is 0.809. The molecule has 7 nitrogen and oxygen atoms in total. The Morgan fingerprint density at radius 1 is 1.15 bits per heavy atom. The van der Waals surface area contributed by atoms with Gasteiger partial charge in [0, 0.05) is 24.7 Å². The number of hydrogen-bond donors (Lipinski definition) is 2. The van der Waals surface area contributed by atoms with Gasteiger partial charge < -0.3 is 5.11 Å².